The van der Waals surface area contributed by atoms with Crippen LogP contribution in [0.3, 0.4) is 0 Å². The summed E-state index contributed by atoms with van der Waals surface area (Å²) in [4.78, 5) is 34.5. The molecule has 1 aliphatic heterocycles. The van der Waals surface area contributed by atoms with Gasteiger partial charge in [0.1, 0.15) is 5.82 Å². The van der Waals surface area contributed by atoms with Crippen molar-refractivity contribution in [2.45, 2.75) is 77.0 Å². The zero-order valence-corrected chi connectivity index (χ0v) is 18.0. The number of primary amides is 1. The van der Waals surface area contributed by atoms with E-state index in [9.17, 15) is 9.59 Å². The number of nitrogens with one attached hydrogen (secondary N) is 2. The van der Waals surface area contributed by atoms with E-state index >= 15 is 0 Å². The summed E-state index contributed by atoms with van der Waals surface area (Å²) in [6.07, 6.45) is 7.92. The molecule has 2 fully saturated rings. The summed E-state index contributed by atoms with van der Waals surface area (Å²) >= 11 is 0. The Morgan fingerprint density at radius 3 is 2.37 bits per heavy atom. The van der Waals surface area contributed by atoms with Crippen LogP contribution >= 0.6 is 0 Å². The van der Waals surface area contributed by atoms with Gasteiger partial charge in [0.05, 0.1) is 11.7 Å². The minimum atomic E-state index is -0.543. The average molecular weight is 419 g/mol. The second-order valence-electron chi connectivity index (χ2n) is 8.05. The Hall–Kier alpha value is -2.42. The summed E-state index contributed by atoms with van der Waals surface area (Å²) in [7, 11) is 0. The van der Waals surface area contributed by atoms with Crippen molar-refractivity contribution in [1.29, 1.82) is 0 Å². The number of carbonyl (C=O) groups is 2. The van der Waals surface area contributed by atoms with Crippen molar-refractivity contribution in [3.05, 3.63) is 11.8 Å². The number of anilines is 2. The van der Waals surface area contributed by atoms with Crippen LogP contribution in [-0.4, -0.2) is 64.6 Å². The lowest BCUT2D eigenvalue weighted by molar-refractivity contribution is -0.131. The van der Waals surface area contributed by atoms with Gasteiger partial charge in [-0.15, -0.1) is 0 Å². The Morgan fingerprint density at radius 2 is 1.77 bits per heavy atom. The molecule has 0 bridgehead atoms. The van der Waals surface area contributed by atoms with Gasteiger partial charge in [0, 0.05) is 44.4 Å². The van der Waals surface area contributed by atoms with Gasteiger partial charge in [-0.1, -0.05) is 6.92 Å². The highest BCUT2D eigenvalue weighted by atomic mass is 16.5. The number of nitrogens with zero attached hydrogens (tertiary/aromatic N) is 3. The van der Waals surface area contributed by atoms with Crippen LogP contribution in [0.25, 0.3) is 0 Å². The van der Waals surface area contributed by atoms with Crippen molar-refractivity contribution in [2.24, 2.45) is 5.73 Å². The van der Waals surface area contributed by atoms with E-state index < -0.39 is 5.91 Å². The van der Waals surface area contributed by atoms with E-state index in [1.165, 1.54) is 6.20 Å². The van der Waals surface area contributed by atoms with Gasteiger partial charge in [-0.2, -0.15) is 4.98 Å². The fourth-order valence-electron chi connectivity index (χ4n) is 4.22. The third kappa shape index (κ3) is 5.81. The van der Waals surface area contributed by atoms with E-state index in [0.29, 0.717) is 29.9 Å². The third-order valence-electron chi connectivity index (χ3n) is 5.95. The molecule has 1 saturated carbocycles. The SMILES string of the molecule is CCOC1CCC(Nc2nc(NC3CCN(C(=O)CC)CC3)ncc2C(N)=O)CC1. The molecule has 0 radical (unpaired) electrons. The van der Waals surface area contributed by atoms with E-state index in [1.54, 1.807) is 0 Å². The first-order valence-corrected chi connectivity index (χ1v) is 11.1. The molecule has 30 heavy (non-hydrogen) atoms. The molecule has 0 aromatic carbocycles. The highest BCUT2D eigenvalue weighted by Crippen LogP contribution is 2.25. The van der Waals surface area contributed by atoms with Crippen LogP contribution in [0.5, 0.6) is 0 Å². The first kappa shape index (κ1) is 22.3. The van der Waals surface area contributed by atoms with Crippen LogP contribution in [0, 0.1) is 0 Å². The predicted molar refractivity (Wildman–Crippen MR) is 115 cm³/mol. The summed E-state index contributed by atoms with van der Waals surface area (Å²) in [5.41, 5.74) is 5.84. The number of rotatable bonds is 8. The number of likely N-dealkylation sites (tertiary alicyclic amines) is 1. The molecule has 1 aromatic rings. The van der Waals surface area contributed by atoms with Crippen LogP contribution in [-0.2, 0) is 9.53 Å². The fraction of sp³-hybridized carbons (Fsp3) is 0.714. The Kier molecular flexibility index (Phi) is 7.84. The van der Waals surface area contributed by atoms with Crippen LogP contribution in [0.4, 0.5) is 11.8 Å². The van der Waals surface area contributed by atoms with Gasteiger partial charge in [-0.25, -0.2) is 4.98 Å². The molecule has 4 N–H and O–H groups in total. The lowest BCUT2D eigenvalue weighted by Crippen LogP contribution is -2.42. The second kappa shape index (κ2) is 10.6. The topological polar surface area (TPSA) is 122 Å². The summed E-state index contributed by atoms with van der Waals surface area (Å²) in [6, 6.07) is 0.422. The summed E-state index contributed by atoms with van der Waals surface area (Å²) in [6.45, 7) is 6.11. The van der Waals surface area contributed by atoms with Gasteiger partial charge >= 0.3 is 0 Å². The Bertz CT molecular complexity index is 727. The zero-order valence-electron chi connectivity index (χ0n) is 18.0. The summed E-state index contributed by atoms with van der Waals surface area (Å²) in [5.74, 6) is 0.615. The maximum atomic E-state index is 11.9. The molecule has 166 valence electrons. The molecule has 2 amide bonds. The number of hydrogen-bond donors (Lipinski definition) is 3. The quantitative estimate of drug-likeness (QED) is 0.591. The smallest absolute Gasteiger partial charge is 0.254 e. The van der Waals surface area contributed by atoms with E-state index in [-0.39, 0.29) is 18.0 Å². The molecule has 1 saturated heterocycles. The normalized spacial score (nSPS) is 22.5. The molecule has 2 aliphatic rings. The summed E-state index contributed by atoms with van der Waals surface area (Å²) in [5, 5.41) is 6.75. The summed E-state index contributed by atoms with van der Waals surface area (Å²) < 4.78 is 5.71. The largest absolute Gasteiger partial charge is 0.379 e. The van der Waals surface area contributed by atoms with Gasteiger partial charge in [-0.3, -0.25) is 9.59 Å². The van der Waals surface area contributed by atoms with Crippen molar-refractivity contribution in [1.82, 2.24) is 14.9 Å². The first-order valence-electron chi connectivity index (χ1n) is 11.1. The predicted octanol–water partition coefficient (Wildman–Crippen LogP) is 2.15. The number of amides is 2. The maximum absolute atomic E-state index is 11.9. The highest BCUT2D eigenvalue weighted by molar-refractivity contribution is 5.97. The van der Waals surface area contributed by atoms with Gasteiger partial charge in [0.2, 0.25) is 11.9 Å². The molecule has 2 heterocycles. The van der Waals surface area contributed by atoms with Crippen LogP contribution in [0.1, 0.15) is 69.2 Å². The van der Waals surface area contributed by atoms with Crippen molar-refractivity contribution < 1.29 is 14.3 Å². The van der Waals surface area contributed by atoms with E-state index in [2.05, 4.69) is 20.6 Å². The number of carbonyl (C=O) groups excluding carboxylic acids is 2. The third-order valence-corrected chi connectivity index (χ3v) is 5.95. The van der Waals surface area contributed by atoms with Crippen molar-refractivity contribution >= 4 is 23.6 Å². The van der Waals surface area contributed by atoms with Crippen LogP contribution in [0.2, 0.25) is 0 Å². The molecule has 0 atom stereocenters. The number of piperidine rings is 1. The van der Waals surface area contributed by atoms with Crippen molar-refractivity contribution in [3.8, 4) is 0 Å². The molecule has 3 rings (SSSR count). The second-order valence-corrected chi connectivity index (χ2v) is 8.05. The standard InChI is InChI=1S/C21H34N6O3/c1-3-18(28)27-11-9-15(10-12-27)25-21-23-13-17(19(22)29)20(26-21)24-14-5-7-16(8-6-14)30-4-2/h13-16H,3-12H2,1-2H3,(H2,22,29)(H2,23,24,25,26). The fourth-order valence-corrected chi connectivity index (χ4v) is 4.22. The van der Waals surface area contributed by atoms with Gasteiger partial charge < -0.3 is 26.0 Å². The molecule has 0 unspecified atom stereocenters. The zero-order chi connectivity index (χ0) is 21.5. The minimum Gasteiger partial charge on any atom is -0.379 e. The lowest BCUT2D eigenvalue weighted by atomic mass is 9.93. The molecular formula is C21H34N6O3. The van der Waals surface area contributed by atoms with E-state index in [4.69, 9.17) is 10.5 Å². The van der Waals surface area contributed by atoms with Gasteiger partial charge in [0.25, 0.3) is 5.91 Å². The molecule has 1 aromatic heterocycles. The number of hydrogen-bond acceptors (Lipinski definition) is 7. The highest BCUT2D eigenvalue weighted by Gasteiger charge is 2.25. The van der Waals surface area contributed by atoms with Crippen LogP contribution in [0.15, 0.2) is 6.20 Å². The Balaban J connectivity index is 1.61. The van der Waals surface area contributed by atoms with Crippen molar-refractivity contribution in [2.75, 3.05) is 30.3 Å². The Labute approximate surface area is 178 Å². The molecule has 9 heteroatoms. The monoisotopic (exact) mass is 418 g/mol. The first-order chi connectivity index (χ1) is 14.5. The van der Waals surface area contributed by atoms with Crippen molar-refractivity contribution in [3.63, 3.8) is 0 Å². The number of aromatic nitrogens is 2. The number of nitrogens with two attached hydrogens (primary N) is 1. The molecule has 1 aliphatic carbocycles. The van der Waals surface area contributed by atoms with Crippen LogP contribution < -0.4 is 16.4 Å². The van der Waals surface area contributed by atoms with E-state index in [1.807, 2.05) is 18.7 Å². The number of ether oxygens (including phenoxy) is 1. The van der Waals surface area contributed by atoms with Gasteiger partial charge in [0.15, 0.2) is 0 Å². The lowest BCUT2D eigenvalue weighted by Gasteiger charge is -2.32. The van der Waals surface area contributed by atoms with Gasteiger partial charge in [-0.05, 0) is 45.4 Å². The molecular weight excluding hydrogens is 384 g/mol. The maximum Gasteiger partial charge on any atom is 0.254 e. The Morgan fingerprint density at radius 1 is 1.10 bits per heavy atom. The average Bonchev–Trinajstić information content (AvgIpc) is 2.75. The molecule has 9 nitrogen and oxygen atoms in total. The minimum absolute atomic E-state index is 0.194. The molecule has 0 spiro atoms. The van der Waals surface area contributed by atoms with E-state index in [0.717, 1.165) is 58.2 Å².